The molecule has 2 rings (SSSR count). The van der Waals surface area contributed by atoms with Gasteiger partial charge in [0.25, 0.3) is 0 Å². The van der Waals surface area contributed by atoms with Gasteiger partial charge in [-0.2, -0.15) is 5.10 Å². The maximum Gasteiger partial charge on any atom is 0.187 e. The van der Waals surface area contributed by atoms with E-state index >= 15 is 0 Å². The van der Waals surface area contributed by atoms with Crippen LogP contribution in [0.2, 0.25) is 0 Å². The van der Waals surface area contributed by atoms with Crippen LogP contribution < -0.4 is 15.6 Å². The molecule has 1 heterocycles. The first-order valence-electron chi connectivity index (χ1n) is 7.10. The first-order valence-corrected chi connectivity index (χ1v) is 7.50. The number of hydrogen-bond donors (Lipinski definition) is 2. The highest BCUT2D eigenvalue weighted by molar-refractivity contribution is 7.80. The number of benzene rings is 1. The van der Waals surface area contributed by atoms with Gasteiger partial charge in [-0.3, -0.25) is 5.43 Å². The van der Waals surface area contributed by atoms with Crippen molar-refractivity contribution in [1.29, 1.82) is 0 Å². The molecule has 0 spiro atoms. The van der Waals surface area contributed by atoms with Crippen molar-refractivity contribution in [2.45, 2.75) is 32.7 Å². The molecular weight excluding hydrogens is 268 g/mol. The van der Waals surface area contributed by atoms with Crippen molar-refractivity contribution >= 4 is 29.2 Å². The summed E-state index contributed by atoms with van der Waals surface area (Å²) in [5.41, 5.74) is 5.17. The fourth-order valence-electron chi connectivity index (χ4n) is 2.21. The molecule has 0 saturated carbocycles. The Bertz CT molecular complexity index is 461. The highest BCUT2D eigenvalue weighted by atomic mass is 32.1. The van der Waals surface area contributed by atoms with E-state index in [0.717, 1.165) is 5.56 Å². The van der Waals surface area contributed by atoms with Crippen molar-refractivity contribution in [2.24, 2.45) is 5.10 Å². The molecule has 0 aliphatic carbocycles. The predicted octanol–water partition coefficient (Wildman–Crippen LogP) is 2.49. The first-order chi connectivity index (χ1) is 9.65. The van der Waals surface area contributed by atoms with E-state index in [1.165, 1.54) is 31.6 Å². The summed E-state index contributed by atoms with van der Waals surface area (Å²) in [6, 6.07) is 8.77. The van der Waals surface area contributed by atoms with Gasteiger partial charge in [0.1, 0.15) is 0 Å². The monoisotopic (exact) mass is 290 g/mol. The topological polar surface area (TPSA) is 39.7 Å². The van der Waals surface area contributed by atoms with Crippen LogP contribution in [0.5, 0.6) is 0 Å². The largest absolute Gasteiger partial charge is 0.372 e. The molecule has 1 aromatic carbocycles. The van der Waals surface area contributed by atoms with E-state index in [4.69, 9.17) is 12.2 Å². The quantitative estimate of drug-likeness (QED) is 0.508. The zero-order chi connectivity index (χ0) is 14.4. The maximum absolute atomic E-state index is 5.10. The molecule has 1 saturated heterocycles. The fraction of sp³-hybridized carbons (Fsp3) is 0.467. The molecule has 0 amide bonds. The van der Waals surface area contributed by atoms with Crippen LogP contribution in [0.4, 0.5) is 5.69 Å². The van der Waals surface area contributed by atoms with E-state index in [-0.39, 0.29) is 0 Å². The Balaban J connectivity index is 1.85. The molecule has 1 aromatic rings. The van der Waals surface area contributed by atoms with Crippen LogP contribution in [-0.2, 0) is 0 Å². The van der Waals surface area contributed by atoms with Crippen molar-refractivity contribution < 1.29 is 0 Å². The number of anilines is 1. The molecule has 4 nitrogen and oxygen atoms in total. The van der Waals surface area contributed by atoms with Gasteiger partial charge in [0, 0.05) is 24.8 Å². The van der Waals surface area contributed by atoms with Crippen molar-refractivity contribution in [3.05, 3.63) is 29.8 Å². The van der Waals surface area contributed by atoms with Gasteiger partial charge >= 0.3 is 0 Å². The average Bonchev–Trinajstić information content (AvgIpc) is 2.92. The molecule has 5 heteroatoms. The minimum Gasteiger partial charge on any atom is -0.372 e. The van der Waals surface area contributed by atoms with E-state index in [0.29, 0.717) is 11.2 Å². The number of hydrogen-bond acceptors (Lipinski definition) is 3. The van der Waals surface area contributed by atoms with E-state index in [9.17, 15) is 0 Å². The summed E-state index contributed by atoms with van der Waals surface area (Å²) < 4.78 is 0. The van der Waals surface area contributed by atoms with Gasteiger partial charge in [-0.05, 0) is 56.6 Å². The Labute approximate surface area is 126 Å². The number of rotatable bonds is 4. The van der Waals surface area contributed by atoms with E-state index in [1.807, 2.05) is 13.8 Å². The van der Waals surface area contributed by atoms with Crippen LogP contribution in [0.25, 0.3) is 0 Å². The summed E-state index contributed by atoms with van der Waals surface area (Å²) in [5, 5.41) is 7.75. The molecule has 0 bridgehead atoms. The standard InChI is InChI=1S/C15H22N4S/c1-12(2)17-15(20)18-16-11-13-5-7-14(8-6-13)19-9-3-4-10-19/h5-8,11-12H,3-4,9-10H2,1-2H3,(H2,17,18,20)/b16-11+. The number of nitrogens with zero attached hydrogens (tertiary/aromatic N) is 2. The van der Waals surface area contributed by atoms with Crippen LogP contribution in [-0.4, -0.2) is 30.5 Å². The third-order valence-electron chi connectivity index (χ3n) is 3.16. The molecule has 1 fully saturated rings. The van der Waals surface area contributed by atoms with E-state index < -0.39 is 0 Å². The van der Waals surface area contributed by atoms with Gasteiger partial charge in [0.15, 0.2) is 5.11 Å². The molecular formula is C15H22N4S. The van der Waals surface area contributed by atoms with Crippen LogP contribution in [0.15, 0.2) is 29.4 Å². The zero-order valence-corrected chi connectivity index (χ0v) is 12.9. The Hall–Kier alpha value is -1.62. The molecule has 1 aliphatic rings. The molecule has 1 aliphatic heterocycles. The summed E-state index contributed by atoms with van der Waals surface area (Å²) in [4.78, 5) is 2.42. The third-order valence-corrected chi connectivity index (χ3v) is 3.37. The minimum atomic E-state index is 0.310. The molecule has 0 atom stereocenters. The summed E-state index contributed by atoms with van der Waals surface area (Å²) in [6.07, 6.45) is 4.38. The van der Waals surface area contributed by atoms with E-state index in [1.54, 1.807) is 6.21 Å². The second-order valence-corrected chi connectivity index (χ2v) is 5.69. The number of thiocarbonyl (C=S) groups is 1. The van der Waals surface area contributed by atoms with Crippen LogP contribution >= 0.6 is 12.2 Å². The normalized spacial score (nSPS) is 15.1. The average molecular weight is 290 g/mol. The number of hydrazone groups is 1. The lowest BCUT2D eigenvalue weighted by atomic mass is 10.2. The van der Waals surface area contributed by atoms with E-state index in [2.05, 4.69) is 45.0 Å². The lowest BCUT2D eigenvalue weighted by Crippen LogP contribution is -2.36. The van der Waals surface area contributed by atoms with Gasteiger partial charge < -0.3 is 10.2 Å². The van der Waals surface area contributed by atoms with Gasteiger partial charge in [0.05, 0.1) is 6.21 Å². The SMILES string of the molecule is CC(C)NC(=S)N/N=C/c1ccc(N2CCCC2)cc1. The summed E-state index contributed by atoms with van der Waals surface area (Å²) in [6.45, 7) is 6.41. The maximum atomic E-state index is 5.10. The number of nitrogens with one attached hydrogen (secondary N) is 2. The Morgan fingerprint density at radius 2 is 1.90 bits per heavy atom. The summed E-state index contributed by atoms with van der Waals surface area (Å²) in [7, 11) is 0. The summed E-state index contributed by atoms with van der Waals surface area (Å²) >= 11 is 5.10. The highest BCUT2D eigenvalue weighted by Crippen LogP contribution is 2.19. The molecule has 2 N–H and O–H groups in total. The third kappa shape index (κ3) is 4.49. The van der Waals surface area contributed by atoms with Gasteiger partial charge in [-0.25, -0.2) is 0 Å². The lowest BCUT2D eigenvalue weighted by molar-refractivity contribution is 0.720. The van der Waals surface area contributed by atoms with Gasteiger partial charge in [0.2, 0.25) is 0 Å². The molecule has 108 valence electrons. The van der Waals surface area contributed by atoms with Gasteiger partial charge in [-0.15, -0.1) is 0 Å². The van der Waals surface area contributed by atoms with Crippen molar-refractivity contribution in [3.63, 3.8) is 0 Å². The Kier molecular flexibility index (Phi) is 5.35. The molecule has 0 aromatic heterocycles. The van der Waals surface area contributed by atoms with Crippen molar-refractivity contribution in [2.75, 3.05) is 18.0 Å². The van der Waals surface area contributed by atoms with Crippen LogP contribution in [0, 0.1) is 0 Å². The van der Waals surface area contributed by atoms with Crippen molar-refractivity contribution in [1.82, 2.24) is 10.7 Å². The first kappa shape index (κ1) is 14.8. The lowest BCUT2D eigenvalue weighted by Gasteiger charge is -2.17. The zero-order valence-electron chi connectivity index (χ0n) is 12.1. The summed E-state index contributed by atoms with van der Waals surface area (Å²) in [5.74, 6) is 0. The molecule has 0 radical (unpaired) electrons. The Morgan fingerprint density at radius 1 is 1.25 bits per heavy atom. The second kappa shape index (κ2) is 7.24. The van der Waals surface area contributed by atoms with Crippen molar-refractivity contribution in [3.8, 4) is 0 Å². The highest BCUT2D eigenvalue weighted by Gasteiger charge is 2.11. The minimum absolute atomic E-state index is 0.310. The van der Waals surface area contributed by atoms with Crippen LogP contribution in [0.3, 0.4) is 0 Å². The van der Waals surface area contributed by atoms with Gasteiger partial charge in [-0.1, -0.05) is 12.1 Å². The fourth-order valence-corrected chi connectivity index (χ4v) is 2.49. The molecule has 0 unspecified atom stereocenters. The second-order valence-electron chi connectivity index (χ2n) is 5.28. The Morgan fingerprint density at radius 3 is 2.50 bits per heavy atom. The predicted molar refractivity (Wildman–Crippen MR) is 89.5 cm³/mol. The van der Waals surface area contributed by atoms with Crippen LogP contribution in [0.1, 0.15) is 32.3 Å². The molecule has 20 heavy (non-hydrogen) atoms. The smallest absolute Gasteiger partial charge is 0.187 e.